The van der Waals surface area contributed by atoms with Gasteiger partial charge < -0.3 is 10.2 Å². The smallest absolute Gasteiger partial charge is 0.246 e. The summed E-state index contributed by atoms with van der Waals surface area (Å²) >= 11 is 0. The van der Waals surface area contributed by atoms with E-state index in [-0.39, 0.29) is 30.6 Å². The van der Waals surface area contributed by atoms with Crippen molar-refractivity contribution in [3.05, 3.63) is 23.8 Å². The molecule has 2 amide bonds. The van der Waals surface area contributed by atoms with E-state index in [0.717, 1.165) is 37.8 Å². The molecule has 0 radical (unpaired) electrons. The van der Waals surface area contributed by atoms with Gasteiger partial charge >= 0.3 is 0 Å². The lowest BCUT2D eigenvalue weighted by Gasteiger charge is -2.31. The normalized spacial score (nSPS) is 18.3. The molecule has 0 aliphatic carbocycles. The van der Waals surface area contributed by atoms with Crippen molar-refractivity contribution in [2.45, 2.75) is 25.7 Å². The van der Waals surface area contributed by atoms with Crippen molar-refractivity contribution in [3.63, 3.8) is 0 Å². The fourth-order valence-electron chi connectivity index (χ4n) is 3.03. The first-order valence-corrected chi connectivity index (χ1v) is 7.87. The van der Waals surface area contributed by atoms with Gasteiger partial charge in [-0.1, -0.05) is 12.8 Å². The number of hydrogen-bond acceptors (Lipinski definition) is 3. The summed E-state index contributed by atoms with van der Waals surface area (Å²) in [5.74, 6) is -2.50. The zero-order valence-corrected chi connectivity index (χ0v) is 12.8. The predicted molar refractivity (Wildman–Crippen MR) is 82.2 cm³/mol. The first-order chi connectivity index (χ1) is 11.1. The van der Waals surface area contributed by atoms with Crippen LogP contribution in [-0.4, -0.2) is 42.9 Å². The van der Waals surface area contributed by atoms with Gasteiger partial charge in [-0.05, 0) is 12.8 Å². The Balaban J connectivity index is 1.80. The Labute approximate surface area is 133 Å². The van der Waals surface area contributed by atoms with Crippen LogP contribution in [0, 0.1) is 11.6 Å². The van der Waals surface area contributed by atoms with Crippen molar-refractivity contribution in [3.8, 4) is 0 Å². The number of likely N-dealkylation sites (tertiary alicyclic amines) is 1. The summed E-state index contributed by atoms with van der Waals surface area (Å²) in [6, 6.07) is 1.98. The van der Waals surface area contributed by atoms with Gasteiger partial charge in [0.25, 0.3) is 0 Å². The maximum absolute atomic E-state index is 13.5. The third-order valence-corrected chi connectivity index (χ3v) is 4.31. The van der Waals surface area contributed by atoms with E-state index in [0.29, 0.717) is 18.8 Å². The number of nitrogens with zero attached hydrogens (tertiary/aromatic N) is 2. The number of fused-ring (bicyclic) bond motifs is 1. The Hall–Kier alpha value is -2.18. The average molecular weight is 323 g/mol. The van der Waals surface area contributed by atoms with Crippen LogP contribution in [0.4, 0.5) is 20.2 Å². The predicted octanol–water partition coefficient (Wildman–Crippen LogP) is 2.13. The molecule has 5 nitrogen and oxygen atoms in total. The van der Waals surface area contributed by atoms with Gasteiger partial charge in [0.05, 0.1) is 17.9 Å². The number of rotatable bonds is 2. The van der Waals surface area contributed by atoms with Crippen LogP contribution in [0.5, 0.6) is 0 Å². The van der Waals surface area contributed by atoms with Gasteiger partial charge in [0.2, 0.25) is 11.8 Å². The molecule has 0 atom stereocenters. The number of halogens is 2. The van der Waals surface area contributed by atoms with E-state index < -0.39 is 11.6 Å². The molecule has 1 fully saturated rings. The molecule has 1 saturated heterocycles. The molecule has 124 valence electrons. The van der Waals surface area contributed by atoms with Crippen molar-refractivity contribution in [1.29, 1.82) is 0 Å². The summed E-state index contributed by atoms with van der Waals surface area (Å²) in [6.45, 7) is 1.19. The molecule has 2 aliphatic rings. The highest BCUT2D eigenvalue weighted by molar-refractivity contribution is 6.05. The lowest BCUT2D eigenvalue weighted by atomic mass is 10.1. The van der Waals surface area contributed by atoms with Crippen LogP contribution in [0.3, 0.4) is 0 Å². The van der Waals surface area contributed by atoms with Gasteiger partial charge in [0.15, 0.2) is 11.6 Å². The molecule has 0 aromatic heterocycles. The van der Waals surface area contributed by atoms with Gasteiger partial charge in [-0.25, -0.2) is 8.78 Å². The van der Waals surface area contributed by atoms with Crippen molar-refractivity contribution in [1.82, 2.24) is 4.90 Å². The summed E-state index contributed by atoms with van der Waals surface area (Å²) in [5.41, 5.74) is 0.537. The highest BCUT2D eigenvalue weighted by Crippen LogP contribution is 2.31. The maximum Gasteiger partial charge on any atom is 0.246 e. The molecule has 1 aromatic carbocycles. The van der Waals surface area contributed by atoms with Crippen molar-refractivity contribution >= 4 is 23.2 Å². The van der Waals surface area contributed by atoms with Crippen molar-refractivity contribution < 1.29 is 18.4 Å². The summed E-state index contributed by atoms with van der Waals surface area (Å²) in [7, 11) is 0. The second-order valence-electron chi connectivity index (χ2n) is 5.91. The Kier molecular flexibility index (Phi) is 4.45. The number of anilines is 2. The fraction of sp³-hybridized carbons (Fsp3) is 0.500. The van der Waals surface area contributed by atoms with Gasteiger partial charge in [0.1, 0.15) is 6.54 Å². The number of carbonyl (C=O) groups excluding carboxylic acids is 2. The minimum absolute atomic E-state index is 0.0364. The first-order valence-electron chi connectivity index (χ1n) is 7.87. The zero-order valence-electron chi connectivity index (χ0n) is 12.8. The number of carbonyl (C=O) groups is 2. The standard InChI is InChI=1S/C16H19F2N3O2/c17-11-7-13-14(8-12(11)18)21(15(22)9-19-13)10-16(23)20-5-3-1-2-4-6-20/h7-8,19H,1-6,9-10H2. The lowest BCUT2D eigenvalue weighted by Crippen LogP contribution is -2.47. The molecule has 2 aliphatic heterocycles. The Morgan fingerprint density at radius 1 is 1.09 bits per heavy atom. The monoisotopic (exact) mass is 323 g/mol. The van der Waals surface area contributed by atoms with Gasteiger partial charge in [-0.3, -0.25) is 14.5 Å². The molecule has 1 aromatic rings. The molecular formula is C16H19F2N3O2. The van der Waals surface area contributed by atoms with Crippen LogP contribution < -0.4 is 10.2 Å². The summed E-state index contributed by atoms with van der Waals surface area (Å²) in [4.78, 5) is 27.6. The van der Waals surface area contributed by atoms with Crippen molar-refractivity contribution in [2.75, 3.05) is 36.4 Å². The van der Waals surface area contributed by atoms with E-state index in [9.17, 15) is 18.4 Å². The minimum Gasteiger partial charge on any atom is -0.374 e. The van der Waals surface area contributed by atoms with Crippen LogP contribution in [-0.2, 0) is 9.59 Å². The van der Waals surface area contributed by atoms with E-state index in [1.807, 2.05) is 0 Å². The molecule has 0 spiro atoms. The fourth-order valence-corrected chi connectivity index (χ4v) is 3.03. The Bertz CT molecular complexity index is 628. The van der Waals surface area contributed by atoms with E-state index in [2.05, 4.69) is 5.32 Å². The molecule has 1 N–H and O–H groups in total. The number of benzene rings is 1. The van der Waals surface area contributed by atoms with Crippen molar-refractivity contribution in [2.24, 2.45) is 0 Å². The highest BCUT2D eigenvalue weighted by Gasteiger charge is 2.29. The molecule has 7 heteroatoms. The molecule has 3 rings (SSSR count). The largest absolute Gasteiger partial charge is 0.374 e. The Morgan fingerprint density at radius 3 is 2.43 bits per heavy atom. The second kappa shape index (κ2) is 6.52. The van der Waals surface area contributed by atoms with Crippen LogP contribution in [0.1, 0.15) is 25.7 Å². The molecule has 0 saturated carbocycles. The lowest BCUT2D eigenvalue weighted by molar-refractivity contribution is -0.131. The van der Waals surface area contributed by atoms with Gasteiger partial charge in [0, 0.05) is 25.2 Å². The SMILES string of the molecule is O=C(CN1C(=O)CNc2cc(F)c(F)cc21)N1CCCCCC1. The van der Waals surface area contributed by atoms with Gasteiger partial charge in [-0.15, -0.1) is 0 Å². The molecule has 2 heterocycles. The highest BCUT2D eigenvalue weighted by atomic mass is 19.2. The quantitative estimate of drug-likeness (QED) is 0.907. The summed E-state index contributed by atoms with van der Waals surface area (Å²) < 4.78 is 26.9. The van der Waals surface area contributed by atoms with Crippen LogP contribution in [0.15, 0.2) is 12.1 Å². The third kappa shape index (κ3) is 3.28. The molecular weight excluding hydrogens is 304 g/mol. The van der Waals surface area contributed by atoms with E-state index >= 15 is 0 Å². The van der Waals surface area contributed by atoms with E-state index in [1.165, 1.54) is 4.90 Å². The second-order valence-corrected chi connectivity index (χ2v) is 5.91. The average Bonchev–Trinajstić information content (AvgIpc) is 2.81. The topological polar surface area (TPSA) is 52.7 Å². The van der Waals surface area contributed by atoms with Gasteiger partial charge in [-0.2, -0.15) is 0 Å². The number of hydrogen-bond donors (Lipinski definition) is 1. The number of nitrogens with one attached hydrogen (secondary N) is 1. The number of amides is 2. The van der Waals surface area contributed by atoms with E-state index in [1.54, 1.807) is 4.90 Å². The van der Waals surface area contributed by atoms with Crippen LogP contribution >= 0.6 is 0 Å². The zero-order chi connectivity index (χ0) is 16.4. The summed E-state index contributed by atoms with van der Waals surface area (Å²) in [6.07, 6.45) is 4.11. The maximum atomic E-state index is 13.5. The summed E-state index contributed by atoms with van der Waals surface area (Å²) in [5, 5.41) is 2.75. The van der Waals surface area contributed by atoms with Crippen LogP contribution in [0.2, 0.25) is 0 Å². The molecule has 0 unspecified atom stereocenters. The molecule has 0 bridgehead atoms. The third-order valence-electron chi connectivity index (χ3n) is 4.31. The minimum atomic E-state index is -1.03. The Morgan fingerprint density at radius 2 is 1.74 bits per heavy atom. The first kappa shape index (κ1) is 15.7. The molecule has 23 heavy (non-hydrogen) atoms. The van der Waals surface area contributed by atoms with Crippen LogP contribution in [0.25, 0.3) is 0 Å². The van der Waals surface area contributed by atoms with E-state index in [4.69, 9.17) is 0 Å².